The Morgan fingerprint density at radius 2 is 2.11 bits per heavy atom. The molecule has 0 unspecified atom stereocenters. The van der Waals surface area contributed by atoms with E-state index in [-0.39, 0.29) is 12.0 Å². The Morgan fingerprint density at radius 3 is 2.72 bits per heavy atom. The summed E-state index contributed by atoms with van der Waals surface area (Å²) in [5.41, 5.74) is 5.57. The molecule has 1 atom stereocenters. The fraction of sp³-hybridized carbons (Fsp3) is 0.429. The molecule has 1 fully saturated rings. The molecule has 1 aliphatic heterocycles. The van der Waals surface area contributed by atoms with Gasteiger partial charge in [-0.25, -0.2) is 5.43 Å². The van der Waals surface area contributed by atoms with Crippen molar-refractivity contribution < 1.29 is 9.53 Å². The van der Waals surface area contributed by atoms with Gasteiger partial charge in [0.25, 0.3) is 5.91 Å². The largest absolute Gasteiger partial charge is 0.368 e. The Hall–Kier alpha value is -1.68. The van der Waals surface area contributed by atoms with E-state index in [4.69, 9.17) is 4.74 Å². The zero-order valence-electron chi connectivity index (χ0n) is 10.8. The molecule has 2 rings (SSSR count). The number of nitrogens with zero attached hydrogens (tertiary/aromatic N) is 1. The number of hydrazone groups is 1. The van der Waals surface area contributed by atoms with Gasteiger partial charge in [-0.2, -0.15) is 5.10 Å². The average molecular weight is 246 g/mol. The number of benzene rings is 1. The van der Waals surface area contributed by atoms with Gasteiger partial charge >= 0.3 is 0 Å². The molecule has 4 nitrogen and oxygen atoms in total. The summed E-state index contributed by atoms with van der Waals surface area (Å²) in [6, 6.07) is 8.03. The van der Waals surface area contributed by atoms with Crippen molar-refractivity contribution in [3.63, 3.8) is 0 Å². The van der Waals surface area contributed by atoms with Crippen molar-refractivity contribution in [2.45, 2.75) is 32.8 Å². The summed E-state index contributed by atoms with van der Waals surface area (Å²) in [6.45, 7) is 4.58. The maximum absolute atomic E-state index is 11.7. The SMILES string of the molecule is C/C(=N/NC(=O)[C@@H]1CCCO1)c1ccc(C)cc1. The second kappa shape index (κ2) is 5.78. The molecule has 4 heteroatoms. The number of hydrogen-bond acceptors (Lipinski definition) is 3. The third kappa shape index (κ3) is 3.17. The van der Waals surface area contributed by atoms with Crippen molar-refractivity contribution in [2.75, 3.05) is 6.61 Å². The first-order valence-electron chi connectivity index (χ1n) is 6.19. The van der Waals surface area contributed by atoms with Crippen LogP contribution in [0.1, 0.15) is 30.9 Å². The highest BCUT2D eigenvalue weighted by Crippen LogP contribution is 2.11. The molecule has 18 heavy (non-hydrogen) atoms. The number of rotatable bonds is 3. The van der Waals surface area contributed by atoms with Crippen molar-refractivity contribution >= 4 is 11.6 Å². The smallest absolute Gasteiger partial charge is 0.269 e. The van der Waals surface area contributed by atoms with Crippen LogP contribution in [0.5, 0.6) is 0 Å². The van der Waals surface area contributed by atoms with Crippen LogP contribution in [0.4, 0.5) is 0 Å². The molecular weight excluding hydrogens is 228 g/mol. The van der Waals surface area contributed by atoms with Gasteiger partial charge in [0.05, 0.1) is 5.71 Å². The number of hydrogen-bond donors (Lipinski definition) is 1. The second-order valence-electron chi connectivity index (χ2n) is 4.54. The molecule has 0 spiro atoms. The van der Waals surface area contributed by atoms with E-state index in [0.29, 0.717) is 6.61 Å². The molecule has 0 bridgehead atoms. The minimum absolute atomic E-state index is 0.154. The molecule has 1 N–H and O–H groups in total. The number of carbonyl (C=O) groups excluding carboxylic acids is 1. The molecule has 0 aliphatic carbocycles. The van der Waals surface area contributed by atoms with E-state index in [1.165, 1.54) is 5.56 Å². The minimum Gasteiger partial charge on any atom is -0.368 e. The molecule has 1 heterocycles. The van der Waals surface area contributed by atoms with Gasteiger partial charge < -0.3 is 4.74 Å². The molecule has 0 saturated carbocycles. The van der Waals surface area contributed by atoms with Gasteiger partial charge in [0.1, 0.15) is 6.10 Å². The monoisotopic (exact) mass is 246 g/mol. The molecule has 96 valence electrons. The summed E-state index contributed by atoms with van der Waals surface area (Å²) in [7, 11) is 0. The highest BCUT2D eigenvalue weighted by Gasteiger charge is 2.23. The Bertz CT molecular complexity index is 445. The summed E-state index contributed by atoms with van der Waals surface area (Å²) in [5, 5.41) is 4.11. The lowest BCUT2D eigenvalue weighted by atomic mass is 10.1. The van der Waals surface area contributed by atoms with Crippen LogP contribution in [-0.2, 0) is 9.53 Å². The van der Waals surface area contributed by atoms with Gasteiger partial charge in [-0.05, 0) is 32.3 Å². The first kappa shape index (κ1) is 12.8. The maximum Gasteiger partial charge on any atom is 0.269 e. The average Bonchev–Trinajstić information content (AvgIpc) is 2.90. The first-order valence-corrected chi connectivity index (χ1v) is 6.19. The van der Waals surface area contributed by atoms with E-state index in [0.717, 1.165) is 24.1 Å². The van der Waals surface area contributed by atoms with Crippen molar-refractivity contribution in [3.8, 4) is 0 Å². The third-order valence-corrected chi connectivity index (χ3v) is 3.03. The molecule has 0 aromatic heterocycles. The van der Waals surface area contributed by atoms with Crippen LogP contribution in [0, 0.1) is 6.92 Å². The number of aryl methyl sites for hydroxylation is 1. The van der Waals surface area contributed by atoms with Crippen LogP contribution in [-0.4, -0.2) is 24.3 Å². The predicted molar refractivity (Wildman–Crippen MR) is 70.5 cm³/mol. The fourth-order valence-corrected chi connectivity index (χ4v) is 1.85. The van der Waals surface area contributed by atoms with Crippen LogP contribution in [0.15, 0.2) is 29.4 Å². The number of carbonyl (C=O) groups is 1. The molecule has 1 saturated heterocycles. The molecule has 0 radical (unpaired) electrons. The van der Waals surface area contributed by atoms with Crippen molar-refractivity contribution in [1.29, 1.82) is 0 Å². The third-order valence-electron chi connectivity index (χ3n) is 3.03. The zero-order valence-corrected chi connectivity index (χ0v) is 10.8. The normalized spacial score (nSPS) is 19.9. The summed E-state index contributed by atoms with van der Waals surface area (Å²) < 4.78 is 5.29. The van der Waals surface area contributed by atoms with Gasteiger partial charge in [-0.3, -0.25) is 4.79 Å². The van der Waals surface area contributed by atoms with Gasteiger partial charge in [0.2, 0.25) is 0 Å². The standard InChI is InChI=1S/C14H18N2O2/c1-10-5-7-12(8-6-10)11(2)15-16-14(17)13-4-3-9-18-13/h5-8,13H,3-4,9H2,1-2H3,(H,16,17)/b15-11-/t13-/m0/s1. The Kier molecular flexibility index (Phi) is 4.10. The quantitative estimate of drug-likeness (QED) is 0.655. The fourth-order valence-electron chi connectivity index (χ4n) is 1.85. The van der Waals surface area contributed by atoms with Crippen molar-refractivity contribution in [1.82, 2.24) is 5.43 Å². The molecule has 1 amide bonds. The predicted octanol–water partition coefficient (Wildman–Crippen LogP) is 2.01. The molecule has 1 aromatic carbocycles. The van der Waals surface area contributed by atoms with Crippen LogP contribution in [0.2, 0.25) is 0 Å². The Morgan fingerprint density at radius 1 is 1.39 bits per heavy atom. The number of amides is 1. The second-order valence-corrected chi connectivity index (χ2v) is 4.54. The lowest BCUT2D eigenvalue weighted by Gasteiger charge is -2.07. The van der Waals surface area contributed by atoms with Crippen LogP contribution < -0.4 is 5.43 Å². The first-order chi connectivity index (χ1) is 8.66. The molecule has 1 aromatic rings. The molecule has 1 aliphatic rings. The van der Waals surface area contributed by atoms with Crippen LogP contribution >= 0.6 is 0 Å². The van der Waals surface area contributed by atoms with E-state index in [9.17, 15) is 4.79 Å². The summed E-state index contributed by atoms with van der Waals surface area (Å²) in [5.74, 6) is -0.154. The maximum atomic E-state index is 11.7. The minimum atomic E-state index is -0.334. The number of nitrogens with one attached hydrogen (secondary N) is 1. The lowest BCUT2D eigenvalue weighted by molar-refractivity contribution is -0.130. The summed E-state index contributed by atoms with van der Waals surface area (Å²) in [6.07, 6.45) is 1.39. The number of ether oxygens (including phenoxy) is 1. The highest BCUT2D eigenvalue weighted by atomic mass is 16.5. The van der Waals surface area contributed by atoms with Gasteiger partial charge in [-0.15, -0.1) is 0 Å². The van der Waals surface area contributed by atoms with E-state index in [1.54, 1.807) is 0 Å². The lowest BCUT2D eigenvalue weighted by Crippen LogP contribution is -2.31. The van der Waals surface area contributed by atoms with Gasteiger partial charge in [0, 0.05) is 6.61 Å². The van der Waals surface area contributed by atoms with Gasteiger partial charge in [-0.1, -0.05) is 29.8 Å². The van der Waals surface area contributed by atoms with E-state index < -0.39 is 0 Å². The molecular formula is C14H18N2O2. The Labute approximate surface area is 107 Å². The highest BCUT2D eigenvalue weighted by molar-refractivity contribution is 5.99. The van der Waals surface area contributed by atoms with E-state index in [2.05, 4.69) is 10.5 Å². The zero-order chi connectivity index (χ0) is 13.0. The topological polar surface area (TPSA) is 50.7 Å². The Balaban J connectivity index is 1.95. The summed E-state index contributed by atoms with van der Waals surface area (Å²) in [4.78, 5) is 11.7. The van der Waals surface area contributed by atoms with Gasteiger partial charge in [0.15, 0.2) is 0 Å². The van der Waals surface area contributed by atoms with Crippen molar-refractivity contribution in [3.05, 3.63) is 35.4 Å². The van der Waals surface area contributed by atoms with Crippen LogP contribution in [0.3, 0.4) is 0 Å². The summed E-state index contributed by atoms with van der Waals surface area (Å²) >= 11 is 0. The van der Waals surface area contributed by atoms with Crippen molar-refractivity contribution in [2.24, 2.45) is 5.10 Å². The van der Waals surface area contributed by atoms with E-state index in [1.807, 2.05) is 38.1 Å². The van der Waals surface area contributed by atoms with Crippen LogP contribution in [0.25, 0.3) is 0 Å². The van der Waals surface area contributed by atoms with E-state index >= 15 is 0 Å².